The van der Waals surface area contributed by atoms with Gasteiger partial charge in [0, 0.05) is 37.4 Å². The second-order valence-corrected chi connectivity index (χ2v) is 6.77. The molecule has 6 nitrogen and oxygen atoms in total. The summed E-state index contributed by atoms with van der Waals surface area (Å²) in [4.78, 5) is 18.2. The molecule has 0 spiro atoms. The Bertz CT molecular complexity index is 487. The number of rotatable bonds is 4. The summed E-state index contributed by atoms with van der Waals surface area (Å²) in [5.41, 5.74) is 3.42. The van der Waals surface area contributed by atoms with Crippen LogP contribution in [0, 0.1) is 5.92 Å². The second kappa shape index (κ2) is 7.07. The van der Waals surface area contributed by atoms with Crippen molar-refractivity contribution in [1.29, 1.82) is 0 Å². The number of carbonyl (C=O) groups is 1. The molecule has 2 unspecified atom stereocenters. The third-order valence-corrected chi connectivity index (χ3v) is 3.81. The summed E-state index contributed by atoms with van der Waals surface area (Å²) >= 11 is 0. The average Bonchev–Trinajstić information content (AvgIpc) is 2.94. The molecule has 0 aromatic carbocycles. The normalized spacial score (nSPS) is 20.0. The molecule has 22 heavy (non-hydrogen) atoms. The average molecular weight is 306 g/mol. The number of hydrazine groups is 1. The van der Waals surface area contributed by atoms with Crippen LogP contribution in [0.25, 0.3) is 0 Å². The third-order valence-electron chi connectivity index (χ3n) is 3.81. The van der Waals surface area contributed by atoms with Crippen LogP contribution in [0.4, 0.5) is 4.79 Å². The number of nitrogens with two attached hydrogens (primary N) is 1. The Morgan fingerprint density at radius 3 is 2.91 bits per heavy atom. The van der Waals surface area contributed by atoms with Gasteiger partial charge in [0.15, 0.2) is 0 Å². The van der Waals surface area contributed by atoms with Crippen molar-refractivity contribution in [2.45, 2.75) is 45.3 Å². The van der Waals surface area contributed by atoms with E-state index in [1.165, 1.54) is 0 Å². The second-order valence-electron chi connectivity index (χ2n) is 6.77. The molecule has 1 aromatic rings. The number of hydrogen-bond acceptors (Lipinski definition) is 5. The van der Waals surface area contributed by atoms with Gasteiger partial charge < -0.3 is 9.64 Å². The molecule has 1 aliphatic rings. The van der Waals surface area contributed by atoms with Crippen LogP contribution >= 0.6 is 0 Å². The molecule has 0 saturated carbocycles. The number of ether oxygens (including phenoxy) is 1. The van der Waals surface area contributed by atoms with Gasteiger partial charge in [0.1, 0.15) is 5.60 Å². The molecular weight excluding hydrogens is 280 g/mol. The van der Waals surface area contributed by atoms with Crippen molar-refractivity contribution in [2.75, 3.05) is 13.1 Å². The van der Waals surface area contributed by atoms with Crippen molar-refractivity contribution in [1.82, 2.24) is 15.3 Å². The summed E-state index contributed by atoms with van der Waals surface area (Å²) in [5.74, 6) is 6.02. The molecule has 0 aliphatic carbocycles. The highest BCUT2D eigenvalue weighted by Crippen LogP contribution is 2.23. The maximum atomic E-state index is 12.1. The highest BCUT2D eigenvalue weighted by molar-refractivity contribution is 5.68. The van der Waals surface area contributed by atoms with Crippen molar-refractivity contribution in [3.63, 3.8) is 0 Å². The van der Waals surface area contributed by atoms with Gasteiger partial charge in [-0.3, -0.25) is 16.3 Å². The van der Waals surface area contributed by atoms with Crippen LogP contribution in [0.15, 0.2) is 24.4 Å². The third kappa shape index (κ3) is 4.68. The summed E-state index contributed by atoms with van der Waals surface area (Å²) in [6.07, 6.45) is 3.21. The maximum absolute atomic E-state index is 12.1. The first-order chi connectivity index (χ1) is 10.4. The number of likely N-dealkylation sites (tertiary alicyclic amines) is 1. The predicted octanol–water partition coefficient (Wildman–Crippen LogP) is 1.71. The molecule has 1 aromatic heterocycles. The van der Waals surface area contributed by atoms with E-state index in [1.807, 2.05) is 39.0 Å². The predicted molar refractivity (Wildman–Crippen MR) is 85.0 cm³/mol. The van der Waals surface area contributed by atoms with Crippen LogP contribution in [0.3, 0.4) is 0 Å². The Hall–Kier alpha value is -1.66. The van der Waals surface area contributed by atoms with Gasteiger partial charge in [0.2, 0.25) is 0 Å². The van der Waals surface area contributed by atoms with Gasteiger partial charge in [0.05, 0.1) is 0 Å². The van der Waals surface area contributed by atoms with Gasteiger partial charge in [-0.25, -0.2) is 4.79 Å². The fourth-order valence-corrected chi connectivity index (χ4v) is 2.71. The fraction of sp³-hybridized carbons (Fsp3) is 0.625. The van der Waals surface area contributed by atoms with Crippen LogP contribution < -0.4 is 11.3 Å². The van der Waals surface area contributed by atoms with Crippen LogP contribution in [-0.4, -0.2) is 40.7 Å². The Balaban J connectivity index is 1.91. The molecule has 1 fully saturated rings. The van der Waals surface area contributed by atoms with E-state index in [4.69, 9.17) is 10.6 Å². The number of pyridine rings is 1. The lowest BCUT2D eigenvalue weighted by atomic mass is 9.95. The van der Waals surface area contributed by atoms with E-state index < -0.39 is 5.60 Å². The summed E-state index contributed by atoms with van der Waals surface area (Å²) in [5, 5.41) is 0. The smallest absolute Gasteiger partial charge is 0.410 e. The lowest BCUT2D eigenvalue weighted by Gasteiger charge is -2.26. The minimum Gasteiger partial charge on any atom is -0.444 e. The standard InChI is InChI=1S/C16H26N4O2/c1-16(2,3)22-15(21)20-9-7-12(11-20)14(19-17)10-13-6-4-5-8-18-13/h4-6,8,12,14,19H,7,9-11,17H2,1-3H3. The van der Waals surface area contributed by atoms with Gasteiger partial charge in [-0.2, -0.15) is 0 Å². The van der Waals surface area contributed by atoms with Crippen LogP contribution in [0.5, 0.6) is 0 Å². The molecule has 1 amide bonds. The summed E-state index contributed by atoms with van der Waals surface area (Å²) in [7, 11) is 0. The minimum absolute atomic E-state index is 0.0994. The largest absolute Gasteiger partial charge is 0.444 e. The lowest BCUT2D eigenvalue weighted by Crippen LogP contribution is -2.44. The van der Waals surface area contributed by atoms with Crippen molar-refractivity contribution >= 4 is 6.09 Å². The molecule has 122 valence electrons. The molecule has 0 radical (unpaired) electrons. The van der Waals surface area contributed by atoms with Crippen LogP contribution in [0.2, 0.25) is 0 Å². The van der Waals surface area contributed by atoms with E-state index in [2.05, 4.69) is 10.4 Å². The SMILES string of the molecule is CC(C)(C)OC(=O)N1CCC(C(Cc2ccccn2)NN)C1. The van der Waals surface area contributed by atoms with Crippen molar-refractivity contribution in [2.24, 2.45) is 11.8 Å². The van der Waals surface area contributed by atoms with E-state index in [-0.39, 0.29) is 12.1 Å². The summed E-state index contributed by atoms with van der Waals surface area (Å²) in [6, 6.07) is 5.96. The Labute approximate surface area is 132 Å². The van der Waals surface area contributed by atoms with Crippen molar-refractivity contribution in [3.05, 3.63) is 30.1 Å². The number of amides is 1. The van der Waals surface area contributed by atoms with E-state index in [9.17, 15) is 4.79 Å². The van der Waals surface area contributed by atoms with Crippen LogP contribution in [-0.2, 0) is 11.2 Å². The van der Waals surface area contributed by atoms with Gasteiger partial charge in [0.25, 0.3) is 0 Å². The molecule has 6 heteroatoms. The maximum Gasteiger partial charge on any atom is 0.410 e. The van der Waals surface area contributed by atoms with Gasteiger partial charge in [-0.15, -0.1) is 0 Å². The number of aromatic nitrogens is 1. The number of nitrogens with zero attached hydrogens (tertiary/aromatic N) is 2. The van der Waals surface area contributed by atoms with Gasteiger partial charge in [-0.05, 0) is 45.2 Å². The Kier molecular flexibility index (Phi) is 5.37. The minimum atomic E-state index is -0.464. The van der Waals surface area contributed by atoms with Crippen molar-refractivity contribution < 1.29 is 9.53 Å². The molecule has 1 aliphatic heterocycles. The number of nitrogens with one attached hydrogen (secondary N) is 1. The van der Waals surface area contributed by atoms with Gasteiger partial charge in [-0.1, -0.05) is 6.07 Å². The lowest BCUT2D eigenvalue weighted by molar-refractivity contribution is 0.0285. The molecule has 2 rings (SSSR count). The van der Waals surface area contributed by atoms with E-state index >= 15 is 0 Å². The first-order valence-corrected chi connectivity index (χ1v) is 7.73. The first-order valence-electron chi connectivity index (χ1n) is 7.73. The Morgan fingerprint density at radius 2 is 2.32 bits per heavy atom. The van der Waals surface area contributed by atoms with E-state index in [1.54, 1.807) is 11.1 Å². The van der Waals surface area contributed by atoms with Crippen LogP contribution in [0.1, 0.15) is 32.9 Å². The monoisotopic (exact) mass is 306 g/mol. The highest BCUT2D eigenvalue weighted by atomic mass is 16.6. The topological polar surface area (TPSA) is 80.5 Å². The highest BCUT2D eigenvalue weighted by Gasteiger charge is 2.33. The zero-order valence-corrected chi connectivity index (χ0v) is 13.6. The van der Waals surface area contributed by atoms with E-state index in [0.29, 0.717) is 19.0 Å². The zero-order valence-electron chi connectivity index (χ0n) is 13.6. The Morgan fingerprint density at radius 1 is 1.55 bits per heavy atom. The molecular formula is C16H26N4O2. The number of hydrogen-bond donors (Lipinski definition) is 2. The van der Waals surface area contributed by atoms with Gasteiger partial charge >= 0.3 is 6.09 Å². The quantitative estimate of drug-likeness (QED) is 0.654. The first kappa shape index (κ1) is 16.7. The zero-order chi connectivity index (χ0) is 16.2. The molecule has 0 bridgehead atoms. The molecule has 2 atom stereocenters. The number of carbonyl (C=O) groups excluding carboxylic acids is 1. The molecule has 1 saturated heterocycles. The molecule has 3 N–H and O–H groups in total. The summed E-state index contributed by atoms with van der Waals surface area (Å²) < 4.78 is 5.42. The fourth-order valence-electron chi connectivity index (χ4n) is 2.71. The summed E-state index contributed by atoms with van der Waals surface area (Å²) in [6.45, 7) is 7.01. The van der Waals surface area contributed by atoms with Crippen molar-refractivity contribution in [3.8, 4) is 0 Å². The van der Waals surface area contributed by atoms with E-state index in [0.717, 1.165) is 18.5 Å². The molecule has 2 heterocycles.